The van der Waals surface area contributed by atoms with Crippen molar-refractivity contribution in [2.24, 2.45) is 0 Å². The first-order chi connectivity index (χ1) is 10.3. The maximum absolute atomic E-state index is 11.8. The molecule has 116 valence electrons. The van der Waals surface area contributed by atoms with Gasteiger partial charge in [0.05, 0.1) is 6.61 Å². The normalized spacial score (nSPS) is 24.3. The van der Waals surface area contributed by atoms with Crippen LogP contribution < -0.4 is 5.32 Å². The maximum atomic E-state index is 11.8. The SMILES string of the molecule is O=C(CCn1cccn1)NCC1COC2(CCCCC2)O1. The smallest absolute Gasteiger partial charge is 0.221 e. The van der Waals surface area contributed by atoms with Gasteiger partial charge in [0.1, 0.15) is 6.10 Å². The molecule has 6 nitrogen and oxygen atoms in total. The molecule has 0 bridgehead atoms. The van der Waals surface area contributed by atoms with Crippen molar-refractivity contribution in [3.8, 4) is 0 Å². The quantitative estimate of drug-likeness (QED) is 0.892. The van der Waals surface area contributed by atoms with Gasteiger partial charge < -0.3 is 14.8 Å². The lowest BCUT2D eigenvalue weighted by Crippen LogP contribution is -2.37. The van der Waals surface area contributed by atoms with E-state index < -0.39 is 0 Å². The molecule has 21 heavy (non-hydrogen) atoms. The highest BCUT2D eigenvalue weighted by atomic mass is 16.7. The molecule has 1 saturated carbocycles. The van der Waals surface area contributed by atoms with Crippen LogP contribution in [0.2, 0.25) is 0 Å². The molecule has 0 radical (unpaired) electrons. The molecule has 2 fully saturated rings. The average Bonchev–Trinajstić information content (AvgIpc) is 3.14. The molecule has 1 atom stereocenters. The van der Waals surface area contributed by atoms with E-state index in [0.717, 1.165) is 12.8 Å². The van der Waals surface area contributed by atoms with Crippen LogP contribution >= 0.6 is 0 Å². The summed E-state index contributed by atoms with van der Waals surface area (Å²) in [6, 6.07) is 1.85. The second-order valence-electron chi connectivity index (χ2n) is 5.85. The molecule has 2 aliphatic rings. The second-order valence-corrected chi connectivity index (χ2v) is 5.85. The van der Waals surface area contributed by atoms with Gasteiger partial charge in [0.2, 0.25) is 5.91 Å². The third kappa shape index (κ3) is 3.83. The molecule has 1 aliphatic heterocycles. The van der Waals surface area contributed by atoms with Crippen LogP contribution in [0.25, 0.3) is 0 Å². The van der Waals surface area contributed by atoms with Crippen LogP contribution in [0.15, 0.2) is 18.5 Å². The van der Waals surface area contributed by atoms with Crippen LogP contribution in [0.1, 0.15) is 38.5 Å². The Bertz CT molecular complexity index is 455. The zero-order valence-electron chi connectivity index (χ0n) is 12.3. The summed E-state index contributed by atoms with van der Waals surface area (Å²) < 4.78 is 13.6. The number of ether oxygens (including phenoxy) is 2. The van der Waals surface area contributed by atoms with Crippen molar-refractivity contribution in [2.75, 3.05) is 13.2 Å². The maximum Gasteiger partial charge on any atom is 0.221 e. The topological polar surface area (TPSA) is 65.4 Å². The van der Waals surface area contributed by atoms with E-state index in [0.29, 0.717) is 26.1 Å². The summed E-state index contributed by atoms with van der Waals surface area (Å²) in [5.74, 6) is -0.332. The van der Waals surface area contributed by atoms with E-state index in [9.17, 15) is 4.79 Å². The summed E-state index contributed by atoms with van der Waals surface area (Å²) in [5, 5.41) is 7.00. The second kappa shape index (κ2) is 6.58. The highest BCUT2D eigenvalue weighted by molar-refractivity contribution is 5.75. The molecule has 0 aromatic carbocycles. The van der Waals surface area contributed by atoms with Crippen LogP contribution in [0.4, 0.5) is 0 Å². The summed E-state index contributed by atoms with van der Waals surface area (Å²) in [7, 11) is 0. The summed E-state index contributed by atoms with van der Waals surface area (Å²) in [5.41, 5.74) is 0. The Hall–Kier alpha value is -1.40. The first-order valence-corrected chi connectivity index (χ1v) is 7.82. The van der Waals surface area contributed by atoms with Crippen molar-refractivity contribution in [3.05, 3.63) is 18.5 Å². The molecule has 1 N–H and O–H groups in total. The Kier molecular flexibility index (Phi) is 4.55. The van der Waals surface area contributed by atoms with Crippen LogP contribution in [0.3, 0.4) is 0 Å². The molecule has 1 aliphatic carbocycles. The van der Waals surface area contributed by atoms with Crippen molar-refractivity contribution in [3.63, 3.8) is 0 Å². The number of carbonyl (C=O) groups excluding carboxylic acids is 1. The number of aryl methyl sites for hydroxylation is 1. The fourth-order valence-corrected chi connectivity index (χ4v) is 3.03. The molecule has 1 saturated heterocycles. The fraction of sp³-hybridized carbons (Fsp3) is 0.733. The van der Waals surface area contributed by atoms with Gasteiger partial charge in [-0.1, -0.05) is 6.42 Å². The number of nitrogens with one attached hydrogen (secondary N) is 1. The molecule has 3 rings (SSSR count). The predicted octanol–water partition coefficient (Wildman–Crippen LogP) is 1.47. The van der Waals surface area contributed by atoms with Crippen molar-refractivity contribution in [2.45, 2.75) is 57.0 Å². The van der Waals surface area contributed by atoms with E-state index in [1.807, 2.05) is 12.3 Å². The summed E-state index contributed by atoms with van der Waals surface area (Å²) in [6.45, 7) is 1.71. The van der Waals surface area contributed by atoms with Crippen LogP contribution in [-0.4, -0.2) is 40.7 Å². The van der Waals surface area contributed by atoms with Gasteiger partial charge in [-0.15, -0.1) is 0 Å². The predicted molar refractivity (Wildman–Crippen MR) is 76.5 cm³/mol. The monoisotopic (exact) mass is 293 g/mol. The summed E-state index contributed by atoms with van der Waals surface area (Å²) in [4.78, 5) is 11.8. The third-order valence-electron chi connectivity index (χ3n) is 4.18. The first-order valence-electron chi connectivity index (χ1n) is 7.82. The van der Waals surface area contributed by atoms with Crippen LogP contribution in [-0.2, 0) is 20.8 Å². The van der Waals surface area contributed by atoms with Crippen LogP contribution in [0.5, 0.6) is 0 Å². The van der Waals surface area contributed by atoms with E-state index >= 15 is 0 Å². The van der Waals surface area contributed by atoms with E-state index in [1.165, 1.54) is 19.3 Å². The molecular weight excluding hydrogens is 270 g/mol. The molecule has 1 aromatic heterocycles. The number of amides is 1. The Balaban J connectivity index is 1.36. The van der Waals surface area contributed by atoms with Crippen molar-refractivity contribution < 1.29 is 14.3 Å². The van der Waals surface area contributed by atoms with E-state index in [4.69, 9.17) is 9.47 Å². The van der Waals surface area contributed by atoms with Crippen molar-refractivity contribution >= 4 is 5.91 Å². The zero-order valence-corrected chi connectivity index (χ0v) is 12.3. The lowest BCUT2D eigenvalue weighted by atomic mass is 9.94. The van der Waals surface area contributed by atoms with Gasteiger partial charge in [-0.25, -0.2) is 0 Å². The number of hydrogen-bond donors (Lipinski definition) is 1. The van der Waals surface area contributed by atoms with Gasteiger partial charge in [0.15, 0.2) is 5.79 Å². The average molecular weight is 293 g/mol. The molecule has 1 aromatic rings. The number of hydrogen-bond acceptors (Lipinski definition) is 4. The molecular formula is C15H23N3O3. The van der Waals surface area contributed by atoms with Crippen molar-refractivity contribution in [1.82, 2.24) is 15.1 Å². The van der Waals surface area contributed by atoms with Gasteiger partial charge in [-0.3, -0.25) is 9.48 Å². The van der Waals surface area contributed by atoms with E-state index in [2.05, 4.69) is 10.4 Å². The molecule has 1 spiro atoms. The Morgan fingerprint density at radius 1 is 1.38 bits per heavy atom. The van der Waals surface area contributed by atoms with Gasteiger partial charge in [0.25, 0.3) is 0 Å². The van der Waals surface area contributed by atoms with Crippen molar-refractivity contribution in [1.29, 1.82) is 0 Å². The van der Waals surface area contributed by atoms with Gasteiger partial charge in [-0.2, -0.15) is 5.10 Å². The minimum absolute atomic E-state index is 0.0169. The number of nitrogens with zero attached hydrogens (tertiary/aromatic N) is 2. The van der Waals surface area contributed by atoms with E-state index in [-0.39, 0.29) is 17.8 Å². The lowest BCUT2D eigenvalue weighted by molar-refractivity contribution is -0.186. The number of rotatable bonds is 5. The minimum Gasteiger partial charge on any atom is -0.353 e. The first kappa shape index (κ1) is 14.5. The Morgan fingerprint density at radius 2 is 2.24 bits per heavy atom. The highest BCUT2D eigenvalue weighted by Gasteiger charge is 2.42. The van der Waals surface area contributed by atoms with Crippen LogP contribution in [0, 0.1) is 0 Å². The van der Waals surface area contributed by atoms with Gasteiger partial charge in [0, 0.05) is 44.7 Å². The largest absolute Gasteiger partial charge is 0.353 e. The highest BCUT2D eigenvalue weighted by Crippen LogP contribution is 2.37. The standard InChI is InChI=1S/C15H23N3O3/c19-14(5-10-18-9-4-8-17-18)16-11-13-12-20-15(21-13)6-2-1-3-7-15/h4,8-9,13H,1-3,5-7,10-12H2,(H,16,19). The Labute approximate surface area is 124 Å². The molecule has 2 heterocycles. The number of aromatic nitrogens is 2. The molecule has 6 heteroatoms. The Morgan fingerprint density at radius 3 is 3.00 bits per heavy atom. The summed E-state index contributed by atoms with van der Waals surface area (Å²) in [6.07, 6.45) is 9.55. The summed E-state index contributed by atoms with van der Waals surface area (Å²) >= 11 is 0. The van der Waals surface area contributed by atoms with Gasteiger partial charge in [-0.05, 0) is 18.9 Å². The molecule has 1 unspecified atom stereocenters. The minimum atomic E-state index is -0.358. The van der Waals surface area contributed by atoms with Gasteiger partial charge >= 0.3 is 0 Å². The fourth-order valence-electron chi connectivity index (χ4n) is 3.03. The lowest BCUT2D eigenvalue weighted by Gasteiger charge is -2.31. The van der Waals surface area contributed by atoms with E-state index in [1.54, 1.807) is 10.9 Å². The number of carbonyl (C=O) groups is 1. The third-order valence-corrected chi connectivity index (χ3v) is 4.18. The zero-order chi connectivity index (χ0) is 14.5. The molecule has 1 amide bonds.